The second-order valence-corrected chi connectivity index (χ2v) is 13.1. The Hall–Kier alpha value is -5.28. The second kappa shape index (κ2) is 15.3. The standard InChI is InChI=1S/C36H31N2.C11H8N.Ir/c1-21-12-13-29-30-11-8-14-37-34(30)19-32(31(29)15-21)36-24(4)16-23(3)35(26(36)6)28-10-7-9-27(18-28)33-17-22(2)25(5)20-38-33;1-2-6-10(7-3-1)11-8-4-5-9-12-11;/h7-8,10-20H,1-6H3;1-6,8-9H;/q2*-1;. The number of benzene rings is 5. The van der Waals surface area contributed by atoms with Crippen LogP contribution in [0.15, 0.2) is 128 Å². The first-order chi connectivity index (χ1) is 24.3. The number of nitrogens with zero attached hydrogens (tertiary/aromatic N) is 3. The summed E-state index contributed by atoms with van der Waals surface area (Å²) in [5.74, 6) is 0. The van der Waals surface area contributed by atoms with E-state index >= 15 is 0 Å². The molecule has 1 radical (unpaired) electrons. The summed E-state index contributed by atoms with van der Waals surface area (Å²) in [6, 6.07) is 44.4. The van der Waals surface area contributed by atoms with Gasteiger partial charge in [0, 0.05) is 44.1 Å². The molecule has 0 aliphatic rings. The molecule has 0 fully saturated rings. The van der Waals surface area contributed by atoms with E-state index < -0.39 is 0 Å². The molecule has 0 atom stereocenters. The zero-order valence-electron chi connectivity index (χ0n) is 29.8. The van der Waals surface area contributed by atoms with Crippen molar-refractivity contribution in [3.63, 3.8) is 0 Å². The quantitative estimate of drug-likeness (QED) is 0.131. The maximum atomic E-state index is 4.74. The van der Waals surface area contributed by atoms with Gasteiger partial charge in [-0.2, -0.15) is 0 Å². The van der Waals surface area contributed by atoms with Crippen molar-refractivity contribution in [3.8, 4) is 44.8 Å². The second-order valence-electron chi connectivity index (χ2n) is 13.1. The molecular formula is C47H39IrN3-2. The molecule has 253 valence electrons. The summed E-state index contributed by atoms with van der Waals surface area (Å²) in [6.07, 6.45) is 5.62. The van der Waals surface area contributed by atoms with Crippen molar-refractivity contribution >= 4 is 21.7 Å². The fourth-order valence-corrected chi connectivity index (χ4v) is 6.96. The predicted molar refractivity (Wildman–Crippen MR) is 209 cm³/mol. The SMILES string of the molecule is Cc1ccc2c(c1)c(-c1c(C)cc(C)c(-c3cc[c-]c(-c4cc(C)c(C)cn4)c3)c1C)cc1ncccc12.[Ir].[c-]1ccccc1-c1ccccn1. The maximum absolute atomic E-state index is 4.74. The molecule has 0 saturated heterocycles. The van der Waals surface area contributed by atoms with E-state index in [4.69, 9.17) is 9.97 Å². The van der Waals surface area contributed by atoms with Gasteiger partial charge < -0.3 is 9.97 Å². The van der Waals surface area contributed by atoms with Crippen molar-refractivity contribution < 1.29 is 20.1 Å². The Kier molecular flexibility index (Phi) is 10.7. The van der Waals surface area contributed by atoms with Crippen LogP contribution in [0.1, 0.15) is 33.4 Å². The summed E-state index contributed by atoms with van der Waals surface area (Å²) in [5, 5.41) is 3.71. The molecule has 0 N–H and O–H groups in total. The molecule has 0 spiro atoms. The molecule has 8 aromatic rings. The number of hydrogen-bond donors (Lipinski definition) is 0. The molecule has 0 saturated carbocycles. The van der Waals surface area contributed by atoms with Gasteiger partial charge in [-0.05, 0) is 121 Å². The number of fused-ring (bicyclic) bond motifs is 3. The van der Waals surface area contributed by atoms with Crippen LogP contribution in [-0.4, -0.2) is 15.0 Å². The van der Waals surface area contributed by atoms with Crippen molar-refractivity contribution in [1.29, 1.82) is 0 Å². The molecule has 0 amide bonds. The molecule has 3 aromatic heterocycles. The van der Waals surface area contributed by atoms with E-state index in [-0.39, 0.29) is 20.1 Å². The van der Waals surface area contributed by atoms with E-state index in [1.165, 1.54) is 71.8 Å². The third-order valence-electron chi connectivity index (χ3n) is 9.50. The molecule has 5 aromatic carbocycles. The van der Waals surface area contributed by atoms with Crippen LogP contribution < -0.4 is 0 Å². The van der Waals surface area contributed by atoms with Crippen LogP contribution in [0.3, 0.4) is 0 Å². The average Bonchev–Trinajstić information content (AvgIpc) is 3.14. The third-order valence-corrected chi connectivity index (χ3v) is 9.50. The van der Waals surface area contributed by atoms with Gasteiger partial charge >= 0.3 is 0 Å². The number of aromatic nitrogens is 3. The third kappa shape index (κ3) is 7.30. The number of hydrogen-bond acceptors (Lipinski definition) is 3. The minimum atomic E-state index is 0. The zero-order chi connectivity index (χ0) is 34.8. The summed E-state index contributed by atoms with van der Waals surface area (Å²) < 4.78 is 0. The molecular weight excluding hydrogens is 799 g/mol. The Balaban J connectivity index is 0.000000291. The molecule has 3 heterocycles. The smallest absolute Gasteiger partial charge is 0.0714 e. The first-order valence-electron chi connectivity index (χ1n) is 17.0. The fraction of sp³-hybridized carbons (Fsp3) is 0.128. The predicted octanol–water partition coefficient (Wildman–Crippen LogP) is 12.0. The summed E-state index contributed by atoms with van der Waals surface area (Å²) >= 11 is 0. The largest absolute Gasteiger partial charge is 0.305 e. The van der Waals surface area contributed by atoms with Crippen LogP contribution in [0.25, 0.3) is 66.4 Å². The molecule has 0 aliphatic heterocycles. The topological polar surface area (TPSA) is 38.7 Å². The first-order valence-corrected chi connectivity index (χ1v) is 17.0. The number of rotatable bonds is 4. The van der Waals surface area contributed by atoms with E-state index in [0.29, 0.717) is 0 Å². The molecule has 4 heteroatoms. The fourth-order valence-electron chi connectivity index (χ4n) is 6.96. The molecule has 3 nitrogen and oxygen atoms in total. The van der Waals surface area contributed by atoms with Gasteiger partial charge in [0.15, 0.2) is 0 Å². The van der Waals surface area contributed by atoms with Crippen molar-refractivity contribution in [2.24, 2.45) is 0 Å². The van der Waals surface area contributed by atoms with E-state index in [9.17, 15) is 0 Å². The summed E-state index contributed by atoms with van der Waals surface area (Å²) in [4.78, 5) is 13.7. The summed E-state index contributed by atoms with van der Waals surface area (Å²) in [7, 11) is 0. The molecule has 0 unspecified atom stereocenters. The summed E-state index contributed by atoms with van der Waals surface area (Å²) in [6.45, 7) is 13.1. The summed E-state index contributed by atoms with van der Waals surface area (Å²) in [5.41, 5.74) is 17.5. The van der Waals surface area contributed by atoms with E-state index in [1.54, 1.807) is 6.20 Å². The first kappa shape index (κ1) is 35.5. The van der Waals surface area contributed by atoms with Crippen LogP contribution in [0.2, 0.25) is 0 Å². The van der Waals surface area contributed by atoms with Gasteiger partial charge in [-0.25, -0.2) is 0 Å². The Labute approximate surface area is 314 Å². The number of pyridine rings is 3. The Morgan fingerprint density at radius 3 is 2.04 bits per heavy atom. The van der Waals surface area contributed by atoms with Crippen molar-refractivity contribution in [2.75, 3.05) is 0 Å². The molecule has 8 rings (SSSR count). The van der Waals surface area contributed by atoms with Gasteiger partial charge in [0.05, 0.1) is 5.52 Å². The van der Waals surface area contributed by atoms with E-state index in [0.717, 1.165) is 28.0 Å². The van der Waals surface area contributed by atoms with E-state index in [1.807, 2.05) is 67.0 Å². The molecule has 0 aliphatic carbocycles. The van der Waals surface area contributed by atoms with Crippen LogP contribution in [-0.2, 0) is 20.1 Å². The van der Waals surface area contributed by atoms with Gasteiger partial charge in [0.2, 0.25) is 0 Å². The van der Waals surface area contributed by atoms with Crippen LogP contribution in [0.4, 0.5) is 0 Å². The van der Waals surface area contributed by atoms with Crippen LogP contribution >= 0.6 is 0 Å². The van der Waals surface area contributed by atoms with E-state index in [2.05, 4.69) is 113 Å². The molecule has 51 heavy (non-hydrogen) atoms. The van der Waals surface area contributed by atoms with Gasteiger partial charge in [-0.1, -0.05) is 59.7 Å². The Morgan fingerprint density at radius 2 is 1.27 bits per heavy atom. The van der Waals surface area contributed by atoms with Gasteiger partial charge in [0.25, 0.3) is 0 Å². The van der Waals surface area contributed by atoms with Crippen molar-refractivity contribution in [2.45, 2.75) is 41.5 Å². The van der Waals surface area contributed by atoms with Gasteiger partial charge in [-0.3, -0.25) is 4.98 Å². The normalized spacial score (nSPS) is 10.8. The van der Waals surface area contributed by atoms with Gasteiger partial charge in [0.1, 0.15) is 0 Å². The number of aryl methyl sites for hydroxylation is 5. The zero-order valence-corrected chi connectivity index (χ0v) is 32.2. The van der Waals surface area contributed by atoms with Crippen molar-refractivity contribution in [3.05, 3.63) is 173 Å². The molecule has 0 bridgehead atoms. The van der Waals surface area contributed by atoms with Crippen molar-refractivity contribution in [1.82, 2.24) is 15.0 Å². The van der Waals surface area contributed by atoms with Crippen LogP contribution in [0.5, 0.6) is 0 Å². The minimum Gasteiger partial charge on any atom is -0.305 e. The maximum Gasteiger partial charge on any atom is 0.0714 e. The Bertz CT molecular complexity index is 2450. The Morgan fingerprint density at radius 1 is 0.490 bits per heavy atom. The average molecular weight is 838 g/mol. The van der Waals surface area contributed by atoms with Gasteiger partial charge in [-0.15, -0.1) is 71.3 Å². The minimum absolute atomic E-state index is 0. The van der Waals surface area contributed by atoms with Crippen LogP contribution in [0, 0.1) is 53.7 Å². The monoisotopic (exact) mass is 838 g/mol.